The summed E-state index contributed by atoms with van der Waals surface area (Å²) in [6, 6.07) is 5.36. The van der Waals surface area contributed by atoms with Crippen molar-refractivity contribution < 1.29 is 4.79 Å². The quantitative estimate of drug-likeness (QED) is 0.879. The minimum Gasteiger partial charge on any atom is -0.349 e. The molecule has 116 valence electrons. The molecule has 1 aliphatic rings. The van der Waals surface area contributed by atoms with E-state index in [1.807, 2.05) is 13.0 Å². The van der Waals surface area contributed by atoms with Gasteiger partial charge in [-0.25, -0.2) is 0 Å². The molecule has 1 aromatic rings. The first-order chi connectivity index (χ1) is 10.0. The summed E-state index contributed by atoms with van der Waals surface area (Å²) in [6.07, 6.45) is 4.27. The molecule has 1 fully saturated rings. The Balaban J connectivity index is 2.02. The molecule has 1 aliphatic carbocycles. The number of hydrogen-bond donors (Lipinski definition) is 2. The van der Waals surface area contributed by atoms with Gasteiger partial charge in [-0.2, -0.15) is 0 Å². The van der Waals surface area contributed by atoms with Crippen LogP contribution in [0.15, 0.2) is 18.2 Å². The monoisotopic (exact) mass is 328 g/mol. The highest BCUT2D eigenvalue weighted by molar-refractivity contribution is 6.42. The molecule has 3 atom stereocenters. The Kier molecular flexibility index (Phi) is 5.91. The van der Waals surface area contributed by atoms with E-state index in [4.69, 9.17) is 28.9 Å². The molecule has 5 heteroatoms. The molecule has 21 heavy (non-hydrogen) atoms. The van der Waals surface area contributed by atoms with Crippen LogP contribution in [-0.2, 0) is 4.79 Å². The third-order valence-corrected chi connectivity index (χ3v) is 5.09. The fourth-order valence-electron chi connectivity index (χ4n) is 3.02. The van der Waals surface area contributed by atoms with Gasteiger partial charge in [-0.05, 0) is 49.9 Å². The van der Waals surface area contributed by atoms with Gasteiger partial charge in [0.2, 0.25) is 5.91 Å². The lowest BCUT2D eigenvalue weighted by molar-refractivity contribution is -0.128. The van der Waals surface area contributed by atoms with Crippen LogP contribution in [0, 0.1) is 11.8 Å². The van der Waals surface area contributed by atoms with E-state index in [0.717, 1.165) is 24.8 Å². The van der Waals surface area contributed by atoms with Crippen LogP contribution in [0.2, 0.25) is 10.0 Å². The van der Waals surface area contributed by atoms with Crippen molar-refractivity contribution in [1.29, 1.82) is 0 Å². The number of amides is 1. The van der Waals surface area contributed by atoms with Gasteiger partial charge in [0.25, 0.3) is 0 Å². The Morgan fingerprint density at radius 1 is 1.33 bits per heavy atom. The van der Waals surface area contributed by atoms with Crippen molar-refractivity contribution >= 4 is 29.1 Å². The number of hydrogen-bond acceptors (Lipinski definition) is 2. The summed E-state index contributed by atoms with van der Waals surface area (Å²) < 4.78 is 0. The maximum absolute atomic E-state index is 12.5. The van der Waals surface area contributed by atoms with E-state index < -0.39 is 0 Å². The molecule has 1 aromatic carbocycles. The van der Waals surface area contributed by atoms with Crippen molar-refractivity contribution in [3.8, 4) is 0 Å². The molecule has 0 aromatic heterocycles. The smallest absolute Gasteiger partial charge is 0.223 e. The summed E-state index contributed by atoms with van der Waals surface area (Å²) in [4.78, 5) is 12.5. The van der Waals surface area contributed by atoms with Crippen LogP contribution in [0.25, 0.3) is 0 Å². The number of carbonyl (C=O) groups is 1. The average molecular weight is 329 g/mol. The van der Waals surface area contributed by atoms with Crippen molar-refractivity contribution in [3.05, 3.63) is 33.8 Å². The van der Waals surface area contributed by atoms with E-state index in [9.17, 15) is 4.79 Å². The highest BCUT2D eigenvalue weighted by Crippen LogP contribution is 2.30. The van der Waals surface area contributed by atoms with Gasteiger partial charge in [-0.1, -0.05) is 42.1 Å². The largest absolute Gasteiger partial charge is 0.349 e. The van der Waals surface area contributed by atoms with E-state index in [1.54, 1.807) is 12.1 Å². The summed E-state index contributed by atoms with van der Waals surface area (Å²) in [6.45, 7) is 2.54. The van der Waals surface area contributed by atoms with Crippen LogP contribution in [-0.4, -0.2) is 12.5 Å². The Labute approximate surface area is 136 Å². The van der Waals surface area contributed by atoms with Gasteiger partial charge in [-0.15, -0.1) is 0 Å². The van der Waals surface area contributed by atoms with Crippen molar-refractivity contribution in [1.82, 2.24) is 5.32 Å². The maximum Gasteiger partial charge on any atom is 0.223 e. The highest BCUT2D eigenvalue weighted by Gasteiger charge is 2.30. The van der Waals surface area contributed by atoms with Crippen molar-refractivity contribution in [2.45, 2.75) is 38.6 Å². The van der Waals surface area contributed by atoms with E-state index in [-0.39, 0.29) is 17.9 Å². The van der Waals surface area contributed by atoms with Crippen LogP contribution in [0.4, 0.5) is 0 Å². The normalized spacial score (nSPS) is 23.6. The van der Waals surface area contributed by atoms with Gasteiger partial charge in [0, 0.05) is 5.92 Å². The fourth-order valence-corrected chi connectivity index (χ4v) is 3.33. The third-order valence-electron chi connectivity index (χ3n) is 4.35. The molecule has 1 amide bonds. The van der Waals surface area contributed by atoms with E-state index in [0.29, 0.717) is 22.5 Å². The zero-order valence-electron chi connectivity index (χ0n) is 12.2. The van der Waals surface area contributed by atoms with Crippen LogP contribution >= 0.6 is 23.2 Å². The lowest BCUT2D eigenvalue weighted by atomic mass is 9.78. The molecule has 0 heterocycles. The molecule has 3 nitrogen and oxygen atoms in total. The molecule has 0 saturated heterocycles. The number of carbonyl (C=O) groups excluding carboxylic acids is 1. The van der Waals surface area contributed by atoms with Gasteiger partial charge in [0.1, 0.15) is 0 Å². The second-order valence-electron chi connectivity index (χ2n) is 5.79. The number of benzene rings is 1. The maximum atomic E-state index is 12.5. The topological polar surface area (TPSA) is 55.1 Å². The summed E-state index contributed by atoms with van der Waals surface area (Å²) in [5.74, 6) is 0.442. The van der Waals surface area contributed by atoms with E-state index in [1.165, 1.54) is 6.42 Å². The predicted molar refractivity (Wildman–Crippen MR) is 87.5 cm³/mol. The van der Waals surface area contributed by atoms with Crippen LogP contribution in [0.3, 0.4) is 0 Å². The summed E-state index contributed by atoms with van der Waals surface area (Å²) >= 11 is 11.9. The molecule has 3 N–H and O–H groups in total. The Hall–Kier alpha value is -0.770. The lowest BCUT2D eigenvalue weighted by Gasteiger charge is -2.30. The molecule has 1 saturated carbocycles. The van der Waals surface area contributed by atoms with Gasteiger partial charge in [0.15, 0.2) is 0 Å². The Morgan fingerprint density at radius 3 is 2.71 bits per heavy atom. The van der Waals surface area contributed by atoms with Crippen molar-refractivity contribution in [3.63, 3.8) is 0 Å². The summed E-state index contributed by atoms with van der Waals surface area (Å²) in [5.41, 5.74) is 6.75. The average Bonchev–Trinajstić information content (AvgIpc) is 2.49. The van der Waals surface area contributed by atoms with Gasteiger partial charge < -0.3 is 11.1 Å². The first-order valence-corrected chi connectivity index (χ1v) is 8.24. The van der Waals surface area contributed by atoms with Crippen LogP contribution in [0.1, 0.15) is 44.2 Å². The minimum absolute atomic E-state index is 0.0361. The summed E-state index contributed by atoms with van der Waals surface area (Å²) in [5, 5.41) is 4.11. The zero-order valence-corrected chi connectivity index (χ0v) is 13.8. The van der Waals surface area contributed by atoms with Gasteiger partial charge in [0.05, 0.1) is 16.1 Å². The van der Waals surface area contributed by atoms with Gasteiger partial charge in [-0.3, -0.25) is 4.79 Å². The summed E-state index contributed by atoms with van der Waals surface area (Å²) in [7, 11) is 0. The van der Waals surface area contributed by atoms with Gasteiger partial charge >= 0.3 is 0 Å². The first kappa shape index (κ1) is 16.6. The zero-order chi connectivity index (χ0) is 15.4. The second kappa shape index (κ2) is 7.48. The molecule has 0 radical (unpaired) electrons. The van der Waals surface area contributed by atoms with Crippen LogP contribution in [0.5, 0.6) is 0 Å². The Morgan fingerprint density at radius 2 is 2.05 bits per heavy atom. The van der Waals surface area contributed by atoms with E-state index >= 15 is 0 Å². The number of nitrogens with two attached hydrogens (primary N) is 1. The molecule has 0 aliphatic heterocycles. The number of rotatable bonds is 4. The minimum atomic E-state index is -0.0902. The second-order valence-corrected chi connectivity index (χ2v) is 6.60. The van der Waals surface area contributed by atoms with Crippen molar-refractivity contribution in [2.24, 2.45) is 17.6 Å². The highest BCUT2D eigenvalue weighted by atomic mass is 35.5. The molecule has 2 rings (SSSR count). The molecule has 0 bridgehead atoms. The molecule has 0 spiro atoms. The first-order valence-electron chi connectivity index (χ1n) is 7.48. The standard InChI is InChI=1S/C16H22Cl2N2O/c1-10(11-6-7-14(17)15(18)8-11)20-16(21)13-5-3-2-4-12(13)9-19/h6-8,10,12-13H,2-5,9,19H2,1H3,(H,20,21). The fraction of sp³-hybridized carbons (Fsp3) is 0.562. The predicted octanol–water partition coefficient (Wildman–Crippen LogP) is 3.94. The third kappa shape index (κ3) is 4.12. The van der Waals surface area contributed by atoms with E-state index in [2.05, 4.69) is 5.32 Å². The number of nitrogens with one attached hydrogen (secondary N) is 1. The SMILES string of the molecule is CC(NC(=O)C1CCCCC1CN)c1ccc(Cl)c(Cl)c1. The Bertz CT molecular complexity index is 507. The molecular weight excluding hydrogens is 307 g/mol. The van der Waals surface area contributed by atoms with Crippen molar-refractivity contribution in [2.75, 3.05) is 6.54 Å². The number of halogens is 2. The van der Waals surface area contributed by atoms with Crippen LogP contribution < -0.4 is 11.1 Å². The lowest BCUT2D eigenvalue weighted by Crippen LogP contribution is -2.40. The molecule has 3 unspecified atom stereocenters. The molecular formula is C16H22Cl2N2O.